The first-order chi connectivity index (χ1) is 17.5. The molecule has 1 saturated heterocycles. The molecule has 6 heteroatoms. The summed E-state index contributed by atoms with van der Waals surface area (Å²) in [6.07, 6.45) is 10.7. The van der Waals surface area contributed by atoms with Crippen LogP contribution in [0.1, 0.15) is 78.2 Å². The lowest BCUT2D eigenvalue weighted by Gasteiger charge is -2.25. The average molecular weight is 503 g/mol. The van der Waals surface area contributed by atoms with Crippen LogP contribution in [0.3, 0.4) is 0 Å². The van der Waals surface area contributed by atoms with E-state index in [4.69, 9.17) is 23.7 Å². The number of aryl methyl sites for hydroxylation is 1. The third-order valence-electron chi connectivity index (χ3n) is 7.09. The molecule has 0 aromatic heterocycles. The average Bonchev–Trinajstić information content (AvgIpc) is 3.37. The van der Waals surface area contributed by atoms with Gasteiger partial charge in [0.05, 0.1) is 18.6 Å². The van der Waals surface area contributed by atoms with E-state index in [2.05, 4.69) is 50.3 Å². The highest BCUT2D eigenvalue weighted by molar-refractivity contribution is 5.72. The zero-order chi connectivity index (χ0) is 25.8. The molecule has 2 aliphatic rings. The molecule has 1 saturated carbocycles. The molecule has 6 nitrogen and oxygen atoms in total. The Balaban J connectivity index is 1.67. The summed E-state index contributed by atoms with van der Waals surface area (Å²) in [6, 6.07) is 10.5. The van der Waals surface area contributed by atoms with Crippen LogP contribution >= 0.6 is 0 Å². The minimum absolute atomic E-state index is 0.0472. The summed E-state index contributed by atoms with van der Waals surface area (Å²) in [6.45, 7) is 9.62. The SMILES string of the molecule is CCCCOC(C)O[C@H](/C=C/[C@@H]1[C@H]2CC(=O)O[C@H]2C[C@H]1OC(C)OCCCC)CCc1ccccc1. The maximum Gasteiger partial charge on any atom is 0.306 e. The first kappa shape index (κ1) is 28.8. The summed E-state index contributed by atoms with van der Waals surface area (Å²) in [5.74, 6) is 0.108. The number of rotatable bonds is 17. The van der Waals surface area contributed by atoms with Gasteiger partial charge < -0.3 is 23.7 Å². The van der Waals surface area contributed by atoms with Gasteiger partial charge in [0.15, 0.2) is 12.6 Å². The molecular weight excluding hydrogens is 456 g/mol. The van der Waals surface area contributed by atoms with Crippen LogP contribution in [0.4, 0.5) is 0 Å². The van der Waals surface area contributed by atoms with E-state index in [1.165, 1.54) is 5.56 Å². The number of unbranched alkanes of at least 4 members (excludes halogenated alkanes) is 2. The number of fused-ring (bicyclic) bond motifs is 1. The third-order valence-corrected chi connectivity index (χ3v) is 7.09. The molecular formula is C30H46O6. The standard InChI is InChI=1S/C30H46O6/c1-5-7-18-32-22(3)34-25(15-14-24-12-10-9-11-13-24)16-17-26-27-20-30(31)36-29(27)21-28(26)35-23(4)33-19-8-6-2/h9-13,16-17,22-23,25-29H,5-8,14-15,18-21H2,1-4H3/b17-16+/t22?,23?,25-,26+,27+,28+,29-/m0/s1. The molecule has 0 amide bonds. The van der Waals surface area contributed by atoms with Gasteiger partial charge in [0.1, 0.15) is 6.10 Å². The summed E-state index contributed by atoms with van der Waals surface area (Å²) >= 11 is 0. The fraction of sp³-hybridized carbons (Fsp3) is 0.700. The van der Waals surface area contributed by atoms with E-state index in [1.54, 1.807) is 0 Å². The maximum absolute atomic E-state index is 12.0. The number of benzene rings is 1. The van der Waals surface area contributed by atoms with Crippen LogP contribution in [0.5, 0.6) is 0 Å². The number of ether oxygens (including phenoxy) is 5. The van der Waals surface area contributed by atoms with Gasteiger partial charge in [-0.2, -0.15) is 0 Å². The number of esters is 1. The van der Waals surface area contributed by atoms with E-state index in [9.17, 15) is 4.79 Å². The van der Waals surface area contributed by atoms with Crippen molar-refractivity contribution >= 4 is 5.97 Å². The highest BCUT2D eigenvalue weighted by Gasteiger charge is 2.50. The minimum Gasteiger partial charge on any atom is -0.462 e. The first-order valence-electron chi connectivity index (χ1n) is 14.0. The number of carbonyl (C=O) groups excluding carboxylic acids is 1. The van der Waals surface area contributed by atoms with Crippen LogP contribution in [0.2, 0.25) is 0 Å². The number of carbonyl (C=O) groups is 1. The third kappa shape index (κ3) is 9.29. The van der Waals surface area contributed by atoms with E-state index in [0.717, 1.165) is 38.5 Å². The normalized spacial score (nSPS) is 26.2. The van der Waals surface area contributed by atoms with Gasteiger partial charge in [0, 0.05) is 31.5 Å². The first-order valence-corrected chi connectivity index (χ1v) is 14.0. The molecule has 1 heterocycles. The molecule has 0 radical (unpaired) electrons. The Labute approximate surface area is 217 Å². The molecule has 3 rings (SSSR count). The molecule has 0 bridgehead atoms. The Morgan fingerprint density at radius 2 is 1.72 bits per heavy atom. The predicted octanol–water partition coefficient (Wildman–Crippen LogP) is 6.22. The van der Waals surface area contributed by atoms with Crippen LogP contribution in [0.25, 0.3) is 0 Å². The van der Waals surface area contributed by atoms with Gasteiger partial charge in [-0.3, -0.25) is 4.79 Å². The van der Waals surface area contributed by atoms with E-state index in [1.807, 2.05) is 19.9 Å². The van der Waals surface area contributed by atoms with Crippen molar-refractivity contribution in [2.75, 3.05) is 13.2 Å². The van der Waals surface area contributed by atoms with E-state index in [0.29, 0.717) is 26.1 Å². The Bertz CT molecular complexity index is 781. The summed E-state index contributed by atoms with van der Waals surface area (Å²) in [5.41, 5.74) is 1.29. The Kier molecular flexibility index (Phi) is 12.4. The van der Waals surface area contributed by atoms with Gasteiger partial charge in [0.2, 0.25) is 0 Å². The zero-order valence-electron chi connectivity index (χ0n) is 22.6. The van der Waals surface area contributed by atoms with Gasteiger partial charge in [-0.25, -0.2) is 0 Å². The van der Waals surface area contributed by atoms with Crippen LogP contribution in [-0.2, 0) is 34.9 Å². The van der Waals surface area contributed by atoms with Crippen molar-refractivity contribution in [2.24, 2.45) is 11.8 Å². The van der Waals surface area contributed by atoms with Crippen molar-refractivity contribution in [2.45, 2.75) is 110 Å². The largest absolute Gasteiger partial charge is 0.462 e. The van der Waals surface area contributed by atoms with Crippen molar-refractivity contribution in [1.82, 2.24) is 0 Å². The molecule has 36 heavy (non-hydrogen) atoms. The van der Waals surface area contributed by atoms with E-state index < -0.39 is 0 Å². The topological polar surface area (TPSA) is 63.2 Å². The maximum atomic E-state index is 12.0. The molecule has 0 spiro atoms. The highest BCUT2D eigenvalue weighted by Crippen LogP contribution is 2.44. The predicted molar refractivity (Wildman–Crippen MR) is 140 cm³/mol. The molecule has 1 aliphatic carbocycles. The second kappa shape index (κ2) is 15.5. The summed E-state index contributed by atoms with van der Waals surface area (Å²) < 4.78 is 30.0. The number of hydrogen-bond acceptors (Lipinski definition) is 6. The monoisotopic (exact) mass is 502 g/mol. The van der Waals surface area contributed by atoms with Crippen LogP contribution in [0.15, 0.2) is 42.5 Å². The fourth-order valence-corrected chi connectivity index (χ4v) is 5.08. The van der Waals surface area contributed by atoms with Crippen molar-refractivity contribution in [3.63, 3.8) is 0 Å². The van der Waals surface area contributed by atoms with Crippen LogP contribution in [0, 0.1) is 11.8 Å². The van der Waals surface area contributed by atoms with Crippen molar-refractivity contribution in [3.05, 3.63) is 48.0 Å². The van der Waals surface area contributed by atoms with Crippen LogP contribution in [-0.4, -0.2) is 50.1 Å². The second-order valence-corrected chi connectivity index (χ2v) is 10.1. The summed E-state index contributed by atoms with van der Waals surface area (Å²) in [5, 5.41) is 0. The molecule has 1 aromatic carbocycles. The van der Waals surface area contributed by atoms with Gasteiger partial charge in [-0.1, -0.05) is 69.2 Å². The van der Waals surface area contributed by atoms with Gasteiger partial charge in [-0.05, 0) is 45.1 Å². The quantitative estimate of drug-likeness (QED) is 0.109. The fourth-order valence-electron chi connectivity index (χ4n) is 5.08. The molecule has 2 fully saturated rings. The van der Waals surface area contributed by atoms with Gasteiger partial charge in [-0.15, -0.1) is 0 Å². The van der Waals surface area contributed by atoms with Gasteiger partial charge in [0.25, 0.3) is 0 Å². The van der Waals surface area contributed by atoms with Crippen molar-refractivity contribution in [1.29, 1.82) is 0 Å². The Morgan fingerprint density at radius 1 is 1.03 bits per heavy atom. The smallest absolute Gasteiger partial charge is 0.306 e. The molecule has 0 N–H and O–H groups in total. The Morgan fingerprint density at radius 3 is 2.42 bits per heavy atom. The van der Waals surface area contributed by atoms with E-state index in [-0.39, 0.29) is 48.7 Å². The lowest BCUT2D eigenvalue weighted by Crippen LogP contribution is -2.28. The van der Waals surface area contributed by atoms with Crippen LogP contribution < -0.4 is 0 Å². The van der Waals surface area contributed by atoms with Gasteiger partial charge >= 0.3 is 5.97 Å². The summed E-state index contributed by atoms with van der Waals surface area (Å²) in [7, 11) is 0. The minimum atomic E-state index is -0.288. The molecule has 2 unspecified atom stereocenters. The Hall–Kier alpha value is -1.73. The molecule has 1 aliphatic heterocycles. The van der Waals surface area contributed by atoms with E-state index >= 15 is 0 Å². The lowest BCUT2D eigenvalue weighted by molar-refractivity contribution is -0.169. The van der Waals surface area contributed by atoms with Crippen molar-refractivity contribution < 1.29 is 28.5 Å². The molecule has 1 aromatic rings. The molecule has 202 valence electrons. The molecule has 7 atom stereocenters. The zero-order valence-corrected chi connectivity index (χ0v) is 22.6. The van der Waals surface area contributed by atoms with Crippen molar-refractivity contribution in [3.8, 4) is 0 Å². The lowest BCUT2D eigenvalue weighted by atomic mass is 9.91. The highest BCUT2D eigenvalue weighted by atomic mass is 16.7. The number of hydrogen-bond donors (Lipinski definition) is 0. The second-order valence-electron chi connectivity index (χ2n) is 10.1. The summed E-state index contributed by atoms with van der Waals surface area (Å²) in [4.78, 5) is 12.0.